The van der Waals surface area contributed by atoms with Gasteiger partial charge in [-0.2, -0.15) is 0 Å². The van der Waals surface area contributed by atoms with Gasteiger partial charge in [-0.15, -0.1) is 0 Å². The van der Waals surface area contributed by atoms with E-state index < -0.39 is 0 Å². The number of nitrogens with zero attached hydrogens (tertiary/aromatic N) is 3. The van der Waals surface area contributed by atoms with Crippen LogP contribution in [-0.2, 0) is 14.4 Å². The molecule has 2 saturated heterocycles. The van der Waals surface area contributed by atoms with Gasteiger partial charge in [-0.1, -0.05) is 6.42 Å². The Labute approximate surface area is 131 Å². The van der Waals surface area contributed by atoms with Crippen LogP contribution in [0.1, 0.15) is 26.2 Å². The van der Waals surface area contributed by atoms with E-state index in [9.17, 15) is 14.4 Å². The van der Waals surface area contributed by atoms with E-state index in [-0.39, 0.29) is 30.3 Å². The molecule has 7 nitrogen and oxygen atoms in total. The highest BCUT2D eigenvalue weighted by Gasteiger charge is 2.31. The number of piperidine rings is 1. The van der Waals surface area contributed by atoms with Crippen molar-refractivity contribution in [2.24, 2.45) is 0 Å². The van der Waals surface area contributed by atoms with Crippen molar-refractivity contribution in [2.75, 3.05) is 46.3 Å². The monoisotopic (exact) mass is 310 g/mol. The zero-order valence-corrected chi connectivity index (χ0v) is 13.5. The molecule has 2 heterocycles. The van der Waals surface area contributed by atoms with Crippen molar-refractivity contribution in [1.29, 1.82) is 0 Å². The van der Waals surface area contributed by atoms with Gasteiger partial charge < -0.3 is 15.1 Å². The second-order valence-corrected chi connectivity index (χ2v) is 5.98. The summed E-state index contributed by atoms with van der Waals surface area (Å²) in [6, 6.07) is -0.193. The summed E-state index contributed by atoms with van der Waals surface area (Å²) in [6.07, 6.45) is 2.87. The maximum Gasteiger partial charge on any atom is 0.237 e. The van der Waals surface area contributed by atoms with Crippen molar-refractivity contribution >= 4 is 17.7 Å². The fourth-order valence-corrected chi connectivity index (χ4v) is 3.19. The van der Waals surface area contributed by atoms with Crippen LogP contribution < -0.4 is 5.32 Å². The Hall–Kier alpha value is -1.63. The molecule has 2 fully saturated rings. The molecular formula is C15H26N4O3. The molecule has 0 aromatic rings. The van der Waals surface area contributed by atoms with Crippen LogP contribution in [0.5, 0.6) is 0 Å². The lowest BCUT2D eigenvalue weighted by Crippen LogP contribution is -2.55. The molecule has 124 valence electrons. The number of rotatable bonds is 3. The molecule has 1 atom stereocenters. The Morgan fingerprint density at radius 3 is 2.23 bits per heavy atom. The lowest BCUT2D eigenvalue weighted by Gasteiger charge is -2.38. The third kappa shape index (κ3) is 3.97. The highest BCUT2D eigenvalue weighted by Crippen LogP contribution is 2.17. The first-order valence-electron chi connectivity index (χ1n) is 8.02. The quantitative estimate of drug-likeness (QED) is 0.746. The molecule has 2 rings (SSSR count). The van der Waals surface area contributed by atoms with Gasteiger partial charge in [-0.25, -0.2) is 0 Å². The van der Waals surface area contributed by atoms with Crippen molar-refractivity contribution < 1.29 is 14.4 Å². The van der Waals surface area contributed by atoms with Crippen LogP contribution in [-0.4, -0.2) is 84.8 Å². The van der Waals surface area contributed by atoms with Gasteiger partial charge >= 0.3 is 0 Å². The normalized spacial score (nSPS) is 23.3. The summed E-state index contributed by atoms with van der Waals surface area (Å²) in [6.45, 7) is 4.99. The molecule has 0 spiro atoms. The Balaban J connectivity index is 1.88. The van der Waals surface area contributed by atoms with E-state index >= 15 is 0 Å². The first-order chi connectivity index (χ1) is 10.5. The summed E-state index contributed by atoms with van der Waals surface area (Å²) in [5.41, 5.74) is 0. The van der Waals surface area contributed by atoms with Gasteiger partial charge in [0.1, 0.15) is 0 Å². The van der Waals surface area contributed by atoms with E-state index in [2.05, 4.69) is 5.32 Å². The Morgan fingerprint density at radius 2 is 1.64 bits per heavy atom. The maximum atomic E-state index is 12.4. The van der Waals surface area contributed by atoms with Crippen LogP contribution in [0.4, 0.5) is 0 Å². The maximum absolute atomic E-state index is 12.4. The predicted octanol–water partition coefficient (Wildman–Crippen LogP) is -0.722. The third-order valence-electron chi connectivity index (χ3n) is 4.58. The van der Waals surface area contributed by atoms with Crippen LogP contribution in [0.2, 0.25) is 0 Å². The largest absolute Gasteiger partial charge is 0.358 e. The van der Waals surface area contributed by atoms with Gasteiger partial charge in [0.2, 0.25) is 17.7 Å². The summed E-state index contributed by atoms with van der Waals surface area (Å²) < 4.78 is 0. The Bertz CT molecular complexity index is 433. The number of piperazine rings is 1. The number of carbonyl (C=O) groups is 3. The number of hydrogen-bond donors (Lipinski definition) is 1. The van der Waals surface area contributed by atoms with Crippen molar-refractivity contribution in [3.05, 3.63) is 0 Å². The lowest BCUT2D eigenvalue weighted by atomic mass is 10.0. The zero-order chi connectivity index (χ0) is 16.1. The first-order valence-corrected chi connectivity index (χ1v) is 8.02. The SMILES string of the molecule is CNC(=O)[C@H]1CCCCN1CC(=O)N1CCN(C(C)=O)CC1. The second-order valence-electron chi connectivity index (χ2n) is 5.98. The van der Waals surface area contributed by atoms with Gasteiger partial charge in [0.05, 0.1) is 12.6 Å². The molecule has 3 amide bonds. The van der Waals surface area contributed by atoms with E-state index in [1.807, 2.05) is 4.90 Å². The van der Waals surface area contributed by atoms with Crippen molar-refractivity contribution in [1.82, 2.24) is 20.0 Å². The van der Waals surface area contributed by atoms with E-state index in [4.69, 9.17) is 0 Å². The topological polar surface area (TPSA) is 73.0 Å². The van der Waals surface area contributed by atoms with Crippen LogP contribution in [0.15, 0.2) is 0 Å². The zero-order valence-electron chi connectivity index (χ0n) is 13.5. The summed E-state index contributed by atoms with van der Waals surface area (Å²) in [5.74, 6) is 0.107. The molecule has 0 aromatic carbocycles. The van der Waals surface area contributed by atoms with Crippen molar-refractivity contribution in [2.45, 2.75) is 32.2 Å². The molecule has 1 N–H and O–H groups in total. The predicted molar refractivity (Wildman–Crippen MR) is 82.1 cm³/mol. The average Bonchev–Trinajstić information content (AvgIpc) is 2.54. The van der Waals surface area contributed by atoms with Gasteiger partial charge in [0.25, 0.3) is 0 Å². The standard InChI is InChI=1S/C15H26N4O3/c1-12(20)17-7-9-18(10-8-17)14(21)11-19-6-4-3-5-13(19)15(22)16-2/h13H,3-11H2,1-2H3,(H,16,22)/t13-/m1/s1. The number of likely N-dealkylation sites (N-methyl/N-ethyl adjacent to an activating group) is 1. The van der Waals surface area contributed by atoms with E-state index in [0.29, 0.717) is 26.2 Å². The molecule has 7 heteroatoms. The highest BCUT2D eigenvalue weighted by molar-refractivity contribution is 5.83. The summed E-state index contributed by atoms with van der Waals surface area (Å²) in [5, 5.41) is 2.69. The smallest absolute Gasteiger partial charge is 0.237 e. The number of amides is 3. The second kappa shape index (κ2) is 7.58. The molecule has 0 unspecified atom stereocenters. The Kier molecular flexibility index (Phi) is 5.76. The average molecular weight is 310 g/mol. The Morgan fingerprint density at radius 1 is 1.00 bits per heavy atom. The number of nitrogens with one attached hydrogen (secondary N) is 1. The molecule has 0 saturated carbocycles. The van der Waals surface area contributed by atoms with Crippen LogP contribution in [0.25, 0.3) is 0 Å². The highest BCUT2D eigenvalue weighted by atomic mass is 16.2. The van der Waals surface area contributed by atoms with Gasteiger partial charge in [-0.3, -0.25) is 19.3 Å². The van der Waals surface area contributed by atoms with E-state index in [0.717, 1.165) is 25.8 Å². The molecular weight excluding hydrogens is 284 g/mol. The minimum Gasteiger partial charge on any atom is -0.358 e. The summed E-state index contributed by atoms with van der Waals surface area (Å²) >= 11 is 0. The van der Waals surface area contributed by atoms with Gasteiger partial charge in [0, 0.05) is 40.2 Å². The molecule has 0 aromatic heterocycles. The molecule has 2 aliphatic heterocycles. The van der Waals surface area contributed by atoms with E-state index in [1.165, 1.54) is 0 Å². The number of carbonyl (C=O) groups excluding carboxylic acids is 3. The van der Waals surface area contributed by atoms with Crippen LogP contribution in [0, 0.1) is 0 Å². The summed E-state index contributed by atoms with van der Waals surface area (Å²) in [4.78, 5) is 41.2. The number of likely N-dealkylation sites (tertiary alicyclic amines) is 1. The van der Waals surface area contributed by atoms with E-state index in [1.54, 1.807) is 23.8 Å². The van der Waals surface area contributed by atoms with Gasteiger partial charge in [0.15, 0.2) is 0 Å². The molecule has 2 aliphatic rings. The fourth-order valence-electron chi connectivity index (χ4n) is 3.19. The minimum absolute atomic E-state index is 0.00565. The third-order valence-corrected chi connectivity index (χ3v) is 4.58. The fraction of sp³-hybridized carbons (Fsp3) is 0.800. The molecule has 22 heavy (non-hydrogen) atoms. The van der Waals surface area contributed by atoms with Crippen LogP contribution in [0.3, 0.4) is 0 Å². The van der Waals surface area contributed by atoms with Gasteiger partial charge in [-0.05, 0) is 19.4 Å². The first kappa shape index (κ1) is 16.7. The summed E-state index contributed by atoms with van der Waals surface area (Å²) in [7, 11) is 1.64. The lowest BCUT2D eigenvalue weighted by molar-refractivity contribution is -0.141. The van der Waals surface area contributed by atoms with Crippen molar-refractivity contribution in [3.8, 4) is 0 Å². The molecule has 0 aliphatic carbocycles. The molecule has 0 radical (unpaired) electrons. The van der Waals surface area contributed by atoms with Crippen molar-refractivity contribution in [3.63, 3.8) is 0 Å². The van der Waals surface area contributed by atoms with Crippen LogP contribution >= 0.6 is 0 Å². The minimum atomic E-state index is -0.193. The number of hydrogen-bond acceptors (Lipinski definition) is 4. The molecule has 0 bridgehead atoms.